The summed E-state index contributed by atoms with van der Waals surface area (Å²) < 4.78 is 16.8. The second-order valence-electron chi connectivity index (χ2n) is 7.08. The van der Waals surface area contributed by atoms with Crippen molar-refractivity contribution >= 4 is 16.9 Å². The Morgan fingerprint density at radius 2 is 1.63 bits per heavy atom. The highest BCUT2D eigenvalue weighted by molar-refractivity contribution is 5.93. The van der Waals surface area contributed by atoms with Crippen LogP contribution in [0, 0.1) is 13.8 Å². The van der Waals surface area contributed by atoms with Crippen molar-refractivity contribution in [2.75, 3.05) is 7.11 Å². The third kappa shape index (κ3) is 3.70. The maximum atomic E-state index is 13.3. The van der Waals surface area contributed by atoms with Gasteiger partial charge in [-0.3, -0.25) is 4.79 Å². The summed E-state index contributed by atoms with van der Waals surface area (Å²) in [7, 11) is 1.51. The van der Waals surface area contributed by atoms with E-state index in [0.29, 0.717) is 22.3 Å². The predicted octanol–water partition coefficient (Wildman–Crippen LogP) is 5.30. The summed E-state index contributed by atoms with van der Waals surface area (Å²) in [6.45, 7) is 3.85. The minimum absolute atomic E-state index is 0.134. The van der Waals surface area contributed by atoms with E-state index in [0.717, 1.165) is 11.1 Å². The van der Waals surface area contributed by atoms with Crippen molar-refractivity contribution in [1.82, 2.24) is 0 Å². The molecule has 0 saturated heterocycles. The van der Waals surface area contributed by atoms with Gasteiger partial charge in [-0.2, -0.15) is 0 Å². The molecule has 0 N–H and O–H groups in total. The van der Waals surface area contributed by atoms with E-state index in [9.17, 15) is 9.59 Å². The SMILES string of the molecule is COc1cccc(C(=O)Oc2c(-c3ccc(C)cc3)oc3ccc(C)cc3c2=O)c1. The van der Waals surface area contributed by atoms with Crippen molar-refractivity contribution < 1.29 is 18.7 Å². The molecule has 5 heteroatoms. The van der Waals surface area contributed by atoms with Gasteiger partial charge in [0.1, 0.15) is 11.3 Å². The monoisotopic (exact) mass is 400 g/mol. The largest absolute Gasteiger partial charge is 0.497 e. The number of carbonyl (C=O) groups excluding carboxylic acids is 1. The van der Waals surface area contributed by atoms with E-state index in [1.807, 2.05) is 44.2 Å². The molecule has 0 spiro atoms. The summed E-state index contributed by atoms with van der Waals surface area (Å²) in [6.07, 6.45) is 0. The van der Waals surface area contributed by atoms with Crippen molar-refractivity contribution in [3.8, 4) is 22.8 Å². The maximum Gasteiger partial charge on any atom is 0.343 e. The summed E-state index contributed by atoms with van der Waals surface area (Å²) in [4.78, 5) is 26.1. The van der Waals surface area contributed by atoms with Crippen LogP contribution in [-0.4, -0.2) is 13.1 Å². The highest BCUT2D eigenvalue weighted by Gasteiger charge is 2.21. The fourth-order valence-corrected chi connectivity index (χ4v) is 3.18. The van der Waals surface area contributed by atoms with Crippen LogP contribution in [-0.2, 0) is 0 Å². The van der Waals surface area contributed by atoms with Crippen LogP contribution >= 0.6 is 0 Å². The second kappa shape index (κ2) is 7.87. The third-order valence-electron chi connectivity index (χ3n) is 4.82. The Morgan fingerprint density at radius 1 is 0.900 bits per heavy atom. The minimum Gasteiger partial charge on any atom is -0.497 e. The van der Waals surface area contributed by atoms with Gasteiger partial charge in [0.25, 0.3) is 0 Å². The summed E-state index contributed by atoms with van der Waals surface area (Å²) in [5.41, 5.74) is 2.92. The molecule has 1 heterocycles. The molecular weight excluding hydrogens is 380 g/mol. The zero-order valence-electron chi connectivity index (χ0n) is 16.9. The summed E-state index contributed by atoms with van der Waals surface area (Å²) in [6, 6.07) is 19.4. The van der Waals surface area contributed by atoms with Gasteiger partial charge in [0.15, 0.2) is 5.76 Å². The second-order valence-corrected chi connectivity index (χ2v) is 7.08. The fraction of sp³-hybridized carbons (Fsp3) is 0.120. The van der Waals surface area contributed by atoms with Crippen molar-refractivity contribution in [3.63, 3.8) is 0 Å². The van der Waals surface area contributed by atoms with Gasteiger partial charge in [-0.25, -0.2) is 4.79 Å². The number of benzene rings is 3. The molecule has 0 unspecified atom stereocenters. The number of methoxy groups -OCH3 is 1. The fourth-order valence-electron chi connectivity index (χ4n) is 3.18. The number of esters is 1. The van der Waals surface area contributed by atoms with Crippen molar-refractivity contribution in [1.29, 1.82) is 0 Å². The predicted molar refractivity (Wildman–Crippen MR) is 115 cm³/mol. The normalized spacial score (nSPS) is 10.8. The average molecular weight is 400 g/mol. The standard InChI is InChI=1S/C25H20O5/c1-15-7-10-17(11-8-15)23-24(22(26)20-13-16(2)9-12-21(20)29-23)30-25(27)18-5-4-6-19(14-18)28-3/h4-14H,1-3H3. The van der Waals surface area contributed by atoms with Crippen LogP contribution in [0.3, 0.4) is 0 Å². The third-order valence-corrected chi connectivity index (χ3v) is 4.82. The average Bonchev–Trinajstić information content (AvgIpc) is 2.76. The van der Waals surface area contributed by atoms with Gasteiger partial charge in [0.05, 0.1) is 18.1 Å². The number of fused-ring (bicyclic) bond motifs is 1. The molecule has 0 aliphatic heterocycles. The number of rotatable bonds is 4. The van der Waals surface area contributed by atoms with Gasteiger partial charge in [-0.1, -0.05) is 47.5 Å². The van der Waals surface area contributed by atoms with Crippen LogP contribution in [0.1, 0.15) is 21.5 Å². The molecular formula is C25H20O5. The first-order valence-corrected chi connectivity index (χ1v) is 9.47. The summed E-state index contributed by atoms with van der Waals surface area (Å²) in [5, 5.41) is 0.360. The molecule has 0 saturated carbocycles. The summed E-state index contributed by atoms with van der Waals surface area (Å²) in [5.74, 6) is -0.0664. The van der Waals surface area contributed by atoms with Crippen LogP contribution < -0.4 is 14.9 Å². The Morgan fingerprint density at radius 3 is 2.37 bits per heavy atom. The van der Waals surface area contributed by atoms with E-state index in [4.69, 9.17) is 13.9 Å². The van der Waals surface area contributed by atoms with E-state index < -0.39 is 11.4 Å². The lowest BCUT2D eigenvalue weighted by Crippen LogP contribution is -2.16. The topological polar surface area (TPSA) is 65.7 Å². The lowest BCUT2D eigenvalue weighted by molar-refractivity contribution is 0.0731. The van der Waals surface area contributed by atoms with Gasteiger partial charge < -0.3 is 13.9 Å². The zero-order valence-corrected chi connectivity index (χ0v) is 16.9. The highest BCUT2D eigenvalue weighted by atomic mass is 16.5. The Hall–Kier alpha value is -3.86. The minimum atomic E-state index is -0.665. The van der Waals surface area contributed by atoms with Gasteiger partial charge in [0, 0.05) is 5.56 Å². The van der Waals surface area contributed by atoms with E-state index in [-0.39, 0.29) is 17.1 Å². The molecule has 0 atom stereocenters. The van der Waals surface area contributed by atoms with Crippen LogP contribution in [0.2, 0.25) is 0 Å². The molecule has 0 radical (unpaired) electrons. The summed E-state index contributed by atoms with van der Waals surface area (Å²) >= 11 is 0. The molecule has 0 fully saturated rings. The number of ether oxygens (including phenoxy) is 2. The zero-order chi connectivity index (χ0) is 21.3. The first kappa shape index (κ1) is 19.5. The van der Waals surface area contributed by atoms with E-state index in [1.165, 1.54) is 7.11 Å². The Balaban J connectivity index is 1.88. The van der Waals surface area contributed by atoms with Crippen LogP contribution in [0.4, 0.5) is 0 Å². The first-order valence-electron chi connectivity index (χ1n) is 9.47. The van der Waals surface area contributed by atoms with Crippen LogP contribution in [0.25, 0.3) is 22.3 Å². The lowest BCUT2D eigenvalue weighted by atomic mass is 10.1. The molecule has 0 bridgehead atoms. The van der Waals surface area contributed by atoms with Crippen molar-refractivity contribution in [2.45, 2.75) is 13.8 Å². The van der Waals surface area contributed by atoms with E-state index >= 15 is 0 Å². The Kier molecular flexibility index (Phi) is 5.11. The van der Waals surface area contributed by atoms with Crippen LogP contribution in [0.5, 0.6) is 11.5 Å². The highest BCUT2D eigenvalue weighted by Crippen LogP contribution is 2.32. The Labute approximate surface area is 173 Å². The number of hydrogen-bond acceptors (Lipinski definition) is 5. The maximum absolute atomic E-state index is 13.3. The lowest BCUT2D eigenvalue weighted by Gasteiger charge is -2.11. The van der Waals surface area contributed by atoms with Crippen molar-refractivity contribution in [2.24, 2.45) is 0 Å². The molecule has 5 nitrogen and oxygen atoms in total. The first-order chi connectivity index (χ1) is 14.5. The van der Waals surface area contributed by atoms with Gasteiger partial charge >= 0.3 is 5.97 Å². The van der Waals surface area contributed by atoms with Crippen LogP contribution in [0.15, 0.2) is 75.9 Å². The number of hydrogen-bond donors (Lipinski definition) is 0. The van der Waals surface area contributed by atoms with Gasteiger partial charge in [-0.15, -0.1) is 0 Å². The molecule has 4 aromatic rings. The van der Waals surface area contributed by atoms with E-state index in [1.54, 1.807) is 36.4 Å². The smallest absolute Gasteiger partial charge is 0.343 e. The molecule has 1 aromatic heterocycles. The molecule has 0 amide bonds. The van der Waals surface area contributed by atoms with Gasteiger partial charge in [-0.05, 0) is 44.2 Å². The van der Waals surface area contributed by atoms with Gasteiger partial charge in [0.2, 0.25) is 11.2 Å². The molecule has 150 valence electrons. The molecule has 3 aromatic carbocycles. The molecule has 4 rings (SSSR count). The molecule has 0 aliphatic rings. The number of aryl methyl sites for hydroxylation is 2. The van der Waals surface area contributed by atoms with E-state index in [2.05, 4.69) is 0 Å². The Bertz CT molecular complexity index is 1300. The molecule has 30 heavy (non-hydrogen) atoms. The van der Waals surface area contributed by atoms with Crippen molar-refractivity contribution in [3.05, 3.63) is 93.6 Å². The quantitative estimate of drug-likeness (QED) is 0.435. The number of carbonyl (C=O) groups is 1. The molecule has 0 aliphatic carbocycles.